The van der Waals surface area contributed by atoms with E-state index in [0.29, 0.717) is 0 Å². The molecule has 0 fully saturated rings. The lowest BCUT2D eigenvalue weighted by atomic mass is 10.2. The predicted molar refractivity (Wildman–Crippen MR) is 114 cm³/mol. The Bertz CT molecular complexity index is 1140. The molecule has 1 aromatic heterocycles. The average Bonchev–Trinajstić information content (AvgIpc) is 2.68. The molecule has 0 bridgehead atoms. The van der Waals surface area contributed by atoms with Crippen molar-refractivity contribution in [1.29, 1.82) is 0 Å². The van der Waals surface area contributed by atoms with Gasteiger partial charge >= 0.3 is 12.2 Å². The van der Waals surface area contributed by atoms with Gasteiger partial charge in [0.05, 0.1) is 21.3 Å². The number of alkyl halides is 3. The summed E-state index contributed by atoms with van der Waals surface area (Å²) in [5.74, 6) is 0.329. The highest BCUT2D eigenvalue weighted by atomic mass is 35.5. The molecular formula is C19H14Cl2F3N5O2. The Labute approximate surface area is 184 Å². The van der Waals surface area contributed by atoms with Crippen LogP contribution >= 0.6 is 23.2 Å². The Morgan fingerprint density at radius 2 is 1.74 bits per heavy atom. The summed E-state index contributed by atoms with van der Waals surface area (Å²) < 4.78 is 44.1. The first kappa shape index (κ1) is 22.3. The van der Waals surface area contributed by atoms with E-state index in [4.69, 9.17) is 39.4 Å². The fourth-order valence-corrected chi connectivity index (χ4v) is 2.91. The molecule has 0 aliphatic rings. The van der Waals surface area contributed by atoms with Crippen molar-refractivity contribution in [3.8, 4) is 11.5 Å². The number of nitrogen functional groups attached to an aromatic ring is 2. The van der Waals surface area contributed by atoms with Crippen molar-refractivity contribution < 1.29 is 22.7 Å². The third-order valence-electron chi connectivity index (χ3n) is 3.92. The number of rotatable bonds is 4. The summed E-state index contributed by atoms with van der Waals surface area (Å²) in [6, 6.07) is 7.44. The molecule has 6 N–H and O–H groups in total. The lowest BCUT2D eigenvalue weighted by Crippen LogP contribution is -2.20. The molecule has 12 heteroatoms. The number of aromatic nitrogens is 1. The number of carbonyl (C=O) groups is 1. The first-order valence-electron chi connectivity index (χ1n) is 8.46. The minimum atomic E-state index is -4.54. The fraction of sp³-hybridized carbons (Fsp3) is 0.0526. The minimum absolute atomic E-state index is 0.0569. The topological polar surface area (TPSA) is 115 Å². The number of hydrogen-bond acceptors (Lipinski definition) is 5. The molecule has 162 valence electrons. The molecule has 0 unspecified atom stereocenters. The van der Waals surface area contributed by atoms with Gasteiger partial charge in [0.1, 0.15) is 17.3 Å². The van der Waals surface area contributed by atoms with Crippen LogP contribution in [0.15, 0.2) is 48.7 Å². The standard InChI is InChI=1S/C19H14Cl2F3N5O2/c20-11-7-12(21)15(31-14-4-5-27-17(26)16(14)25)8-13(11)29-18(30)28-10-3-1-2-9(6-10)19(22,23)24/h1-8H,25H2,(H2,26,27)(H2,28,29,30). The van der Waals surface area contributed by atoms with Gasteiger partial charge in [0.25, 0.3) is 0 Å². The van der Waals surface area contributed by atoms with Crippen molar-refractivity contribution in [2.75, 3.05) is 22.1 Å². The summed E-state index contributed by atoms with van der Waals surface area (Å²) >= 11 is 12.2. The number of nitrogens with zero attached hydrogens (tertiary/aromatic N) is 1. The zero-order valence-electron chi connectivity index (χ0n) is 15.4. The molecule has 1 heterocycles. The average molecular weight is 472 g/mol. The third kappa shape index (κ3) is 5.41. The summed E-state index contributed by atoms with van der Waals surface area (Å²) in [7, 11) is 0. The largest absolute Gasteiger partial charge is 0.453 e. The first-order chi connectivity index (χ1) is 14.5. The SMILES string of the molecule is Nc1nccc(Oc2cc(NC(=O)Nc3cccc(C(F)(F)F)c3)c(Cl)cc2Cl)c1N. The van der Waals surface area contributed by atoms with Crippen LogP contribution in [0.1, 0.15) is 5.56 Å². The van der Waals surface area contributed by atoms with Crippen molar-refractivity contribution in [2.24, 2.45) is 0 Å². The van der Waals surface area contributed by atoms with Crippen LogP contribution in [0.2, 0.25) is 10.0 Å². The van der Waals surface area contributed by atoms with Crippen LogP contribution in [-0.2, 0) is 6.18 Å². The number of urea groups is 1. The third-order valence-corrected chi connectivity index (χ3v) is 4.53. The van der Waals surface area contributed by atoms with Gasteiger partial charge in [-0.2, -0.15) is 13.2 Å². The maximum atomic E-state index is 12.8. The van der Waals surface area contributed by atoms with E-state index < -0.39 is 17.8 Å². The van der Waals surface area contributed by atoms with Crippen LogP contribution in [0.5, 0.6) is 11.5 Å². The molecule has 2 aromatic carbocycles. The van der Waals surface area contributed by atoms with Crippen LogP contribution in [0.25, 0.3) is 0 Å². The molecule has 31 heavy (non-hydrogen) atoms. The van der Waals surface area contributed by atoms with Crippen LogP contribution < -0.4 is 26.8 Å². The molecule has 0 atom stereocenters. The normalized spacial score (nSPS) is 11.1. The second-order valence-corrected chi connectivity index (χ2v) is 6.94. The predicted octanol–water partition coefficient (Wildman–Crippen LogP) is 6.01. The lowest BCUT2D eigenvalue weighted by Gasteiger charge is -2.14. The zero-order valence-corrected chi connectivity index (χ0v) is 16.9. The van der Waals surface area contributed by atoms with E-state index >= 15 is 0 Å². The van der Waals surface area contributed by atoms with E-state index in [1.807, 2.05) is 0 Å². The fourth-order valence-electron chi connectivity index (χ4n) is 2.44. The highest BCUT2D eigenvalue weighted by Crippen LogP contribution is 2.39. The maximum absolute atomic E-state index is 12.8. The highest BCUT2D eigenvalue weighted by Gasteiger charge is 2.30. The second-order valence-electron chi connectivity index (χ2n) is 6.13. The van der Waals surface area contributed by atoms with Gasteiger partial charge in [0, 0.05) is 24.0 Å². The highest BCUT2D eigenvalue weighted by molar-refractivity contribution is 6.37. The number of anilines is 4. The molecule has 0 aliphatic heterocycles. The van der Waals surface area contributed by atoms with E-state index in [1.165, 1.54) is 36.5 Å². The Morgan fingerprint density at radius 3 is 2.45 bits per heavy atom. The minimum Gasteiger partial charge on any atom is -0.453 e. The second kappa shape index (κ2) is 8.78. The van der Waals surface area contributed by atoms with Gasteiger partial charge in [0.15, 0.2) is 5.75 Å². The maximum Gasteiger partial charge on any atom is 0.416 e. The Hall–Kier alpha value is -3.37. The molecule has 0 radical (unpaired) electrons. The number of pyridine rings is 1. The van der Waals surface area contributed by atoms with E-state index in [-0.39, 0.29) is 44.4 Å². The zero-order chi connectivity index (χ0) is 22.8. The van der Waals surface area contributed by atoms with Gasteiger partial charge < -0.3 is 26.8 Å². The smallest absolute Gasteiger partial charge is 0.416 e. The molecule has 3 rings (SSSR count). The molecule has 3 aromatic rings. The number of carbonyl (C=O) groups excluding carboxylic acids is 1. The summed E-state index contributed by atoms with van der Waals surface area (Å²) in [5, 5.41) is 4.91. The number of hydrogen-bond donors (Lipinski definition) is 4. The number of ether oxygens (including phenoxy) is 1. The van der Waals surface area contributed by atoms with Crippen LogP contribution in [0.4, 0.5) is 40.8 Å². The lowest BCUT2D eigenvalue weighted by molar-refractivity contribution is -0.137. The van der Waals surface area contributed by atoms with Crippen molar-refractivity contribution in [3.05, 3.63) is 64.3 Å². The summed E-state index contributed by atoms with van der Waals surface area (Å²) in [4.78, 5) is 16.1. The molecule has 0 spiro atoms. The summed E-state index contributed by atoms with van der Waals surface area (Å²) in [5.41, 5.74) is 10.7. The van der Waals surface area contributed by atoms with Crippen LogP contribution in [0.3, 0.4) is 0 Å². The van der Waals surface area contributed by atoms with Crippen molar-refractivity contribution >= 4 is 52.1 Å². The van der Waals surface area contributed by atoms with E-state index in [2.05, 4.69) is 15.6 Å². The summed E-state index contributed by atoms with van der Waals surface area (Å²) in [6.07, 6.45) is -3.16. The first-order valence-corrected chi connectivity index (χ1v) is 9.22. The Balaban J connectivity index is 1.79. The molecular weight excluding hydrogens is 458 g/mol. The van der Waals surface area contributed by atoms with Gasteiger partial charge in [-0.25, -0.2) is 9.78 Å². The molecule has 0 saturated carbocycles. The van der Waals surface area contributed by atoms with Gasteiger partial charge in [-0.05, 0) is 24.3 Å². The van der Waals surface area contributed by atoms with Crippen LogP contribution in [0, 0.1) is 0 Å². The number of amides is 2. The van der Waals surface area contributed by atoms with Gasteiger partial charge in [-0.15, -0.1) is 0 Å². The summed E-state index contributed by atoms with van der Waals surface area (Å²) in [6.45, 7) is 0. The van der Waals surface area contributed by atoms with Crippen LogP contribution in [-0.4, -0.2) is 11.0 Å². The van der Waals surface area contributed by atoms with Crippen molar-refractivity contribution in [3.63, 3.8) is 0 Å². The monoisotopic (exact) mass is 471 g/mol. The molecule has 7 nitrogen and oxygen atoms in total. The number of nitrogens with one attached hydrogen (secondary N) is 2. The van der Waals surface area contributed by atoms with Gasteiger partial charge in [0.2, 0.25) is 0 Å². The molecule has 2 amide bonds. The van der Waals surface area contributed by atoms with Crippen molar-refractivity contribution in [1.82, 2.24) is 4.98 Å². The van der Waals surface area contributed by atoms with E-state index in [1.54, 1.807) is 0 Å². The van der Waals surface area contributed by atoms with E-state index in [9.17, 15) is 18.0 Å². The number of benzene rings is 2. The molecule has 0 aliphatic carbocycles. The van der Waals surface area contributed by atoms with Gasteiger partial charge in [-0.3, -0.25) is 0 Å². The Morgan fingerprint density at radius 1 is 1.00 bits per heavy atom. The molecule has 0 saturated heterocycles. The van der Waals surface area contributed by atoms with E-state index in [0.717, 1.165) is 12.1 Å². The number of nitrogens with two attached hydrogens (primary N) is 2. The number of halogens is 5. The van der Waals surface area contributed by atoms with Gasteiger partial charge in [-0.1, -0.05) is 29.3 Å². The Kier molecular flexibility index (Phi) is 6.32. The van der Waals surface area contributed by atoms with Crippen molar-refractivity contribution in [2.45, 2.75) is 6.18 Å². The quantitative estimate of drug-likeness (QED) is 0.371.